The Hall–Kier alpha value is -4.50. The number of anilines is 2. The average Bonchev–Trinajstić information content (AvgIpc) is 3.16. The van der Waals surface area contributed by atoms with Crippen LogP contribution < -0.4 is 10.2 Å². The SMILES string of the molecule is CCN(CC)c1ccc(N=Nc2nc(C#N)c(C#N)n2Cc2ccccc2)c(NC(C)=O)c1. The molecule has 166 valence electrons. The number of rotatable bonds is 8. The fraction of sp³-hybridized carbons (Fsp3) is 0.250. The highest BCUT2D eigenvalue weighted by molar-refractivity contribution is 5.93. The molecule has 0 saturated heterocycles. The van der Waals surface area contributed by atoms with Crippen molar-refractivity contribution in [3.05, 3.63) is 65.5 Å². The van der Waals surface area contributed by atoms with E-state index in [9.17, 15) is 15.3 Å². The van der Waals surface area contributed by atoms with E-state index in [4.69, 9.17) is 0 Å². The van der Waals surface area contributed by atoms with Crippen molar-refractivity contribution in [1.82, 2.24) is 9.55 Å². The molecular weight excluding hydrogens is 416 g/mol. The molecule has 0 radical (unpaired) electrons. The largest absolute Gasteiger partial charge is 0.372 e. The molecule has 9 nitrogen and oxygen atoms in total. The van der Waals surface area contributed by atoms with E-state index in [1.807, 2.05) is 54.6 Å². The summed E-state index contributed by atoms with van der Waals surface area (Å²) in [5.74, 6) is -0.0965. The van der Waals surface area contributed by atoms with E-state index >= 15 is 0 Å². The van der Waals surface area contributed by atoms with E-state index < -0.39 is 0 Å². The van der Waals surface area contributed by atoms with Crippen molar-refractivity contribution in [3.8, 4) is 12.1 Å². The summed E-state index contributed by atoms with van der Waals surface area (Å²) in [6.45, 7) is 7.49. The van der Waals surface area contributed by atoms with Gasteiger partial charge in [0.2, 0.25) is 5.91 Å². The zero-order chi connectivity index (χ0) is 23.8. The Labute approximate surface area is 192 Å². The number of nitrogens with one attached hydrogen (secondary N) is 1. The summed E-state index contributed by atoms with van der Waals surface area (Å²) < 4.78 is 1.56. The van der Waals surface area contributed by atoms with E-state index in [0.717, 1.165) is 24.3 Å². The number of nitrogens with zero attached hydrogens (tertiary/aromatic N) is 7. The van der Waals surface area contributed by atoms with Gasteiger partial charge in [0.25, 0.3) is 5.95 Å². The van der Waals surface area contributed by atoms with Crippen LogP contribution >= 0.6 is 0 Å². The third-order valence-electron chi connectivity index (χ3n) is 5.01. The first-order valence-electron chi connectivity index (χ1n) is 10.5. The molecule has 0 bridgehead atoms. The Morgan fingerprint density at radius 3 is 2.42 bits per heavy atom. The summed E-state index contributed by atoms with van der Waals surface area (Å²) >= 11 is 0. The fourth-order valence-corrected chi connectivity index (χ4v) is 3.41. The maximum Gasteiger partial charge on any atom is 0.252 e. The Bertz CT molecular complexity index is 1240. The smallest absolute Gasteiger partial charge is 0.252 e. The first kappa shape index (κ1) is 23.2. The topological polar surface area (TPSA) is 122 Å². The maximum absolute atomic E-state index is 11.8. The fourth-order valence-electron chi connectivity index (χ4n) is 3.41. The molecule has 0 aliphatic heterocycles. The molecule has 3 aromatic rings. The van der Waals surface area contributed by atoms with Gasteiger partial charge in [-0.2, -0.15) is 15.5 Å². The number of nitriles is 2. The summed E-state index contributed by atoms with van der Waals surface area (Å²) in [6.07, 6.45) is 0. The Morgan fingerprint density at radius 1 is 1.09 bits per heavy atom. The van der Waals surface area contributed by atoms with Gasteiger partial charge in [-0.1, -0.05) is 30.3 Å². The van der Waals surface area contributed by atoms with Crippen LogP contribution in [-0.2, 0) is 11.3 Å². The minimum Gasteiger partial charge on any atom is -0.372 e. The number of hydrogen-bond acceptors (Lipinski definition) is 7. The summed E-state index contributed by atoms with van der Waals surface area (Å²) in [6, 6.07) is 19.0. The number of carbonyl (C=O) groups excluding carboxylic acids is 1. The highest BCUT2D eigenvalue weighted by atomic mass is 16.1. The third-order valence-corrected chi connectivity index (χ3v) is 5.01. The molecule has 1 N–H and O–H groups in total. The van der Waals surface area contributed by atoms with Crippen molar-refractivity contribution < 1.29 is 4.79 Å². The molecule has 3 rings (SSSR count). The van der Waals surface area contributed by atoms with Crippen molar-refractivity contribution >= 4 is 28.9 Å². The highest BCUT2D eigenvalue weighted by Crippen LogP contribution is 2.32. The van der Waals surface area contributed by atoms with Crippen LogP contribution in [-0.4, -0.2) is 28.5 Å². The van der Waals surface area contributed by atoms with Crippen LogP contribution in [0.1, 0.15) is 37.7 Å². The summed E-state index contributed by atoms with van der Waals surface area (Å²) in [5, 5.41) is 30.3. The number of hydrogen-bond donors (Lipinski definition) is 1. The van der Waals surface area contributed by atoms with E-state index in [1.54, 1.807) is 10.6 Å². The lowest BCUT2D eigenvalue weighted by Gasteiger charge is -2.22. The van der Waals surface area contributed by atoms with E-state index in [-0.39, 0.29) is 23.2 Å². The molecular formula is C24H24N8O. The number of carbonyl (C=O) groups is 1. The van der Waals surface area contributed by atoms with Gasteiger partial charge in [0, 0.05) is 25.7 Å². The maximum atomic E-state index is 11.8. The van der Waals surface area contributed by atoms with E-state index in [0.29, 0.717) is 17.9 Å². The molecule has 0 aliphatic rings. The van der Waals surface area contributed by atoms with Crippen LogP contribution in [0.3, 0.4) is 0 Å². The second-order valence-electron chi connectivity index (χ2n) is 7.16. The van der Waals surface area contributed by atoms with Crippen molar-refractivity contribution in [3.63, 3.8) is 0 Å². The van der Waals surface area contributed by atoms with Gasteiger partial charge in [0.15, 0.2) is 11.4 Å². The van der Waals surface area contributed by atoms with Gasteiger partial charge in [-0.15, -0.1) is 10.2 Å². The van der Waals surface area contributed by atoms with Crippen molar-refractivity contribution in [2.45, 2.75) is 27.3 Å². The summed E-state index contributed by atoms with van der Waals surface area (Å²) in [5.41, 5.74) is 2.93. The molecule has 0 saturated carbocycles. The quantitative estimate of drug-likeness (QED) is 0.499. The molecule has 1 aromatic heterocycles. The number of aromatic nitrogens is 2. The lowest BCUT2D eigenvalue weighted by Crippen LogP contribution is -2.21. The Morgan fingerprint density at radius 2 is 1.82 bits per heavy atom. The van der Waals surface area contributed by atoms with Crippen molar-refractivity contribution in [1.29, 1.82) is 10.5 Å². The number of azo groups is 1. The molecule has 0 atom stereocenters. The molecule has 0 fully saturated rings. The molecule has 0 unspecified atom stereocenters. The van der Waals surface area contributed by atoms with E-state index in [2.05, 4.69) is 39.3 Å². The molecule has 2 aromatic carbocycles. The second kappa shape index (κ2) is 10.7. The zero-order valence-electron chi connectivity index (χ0n) is 18.8. The molecule has 1 amide bonds. The minimum atomic E-state index is -0.229. The average molecular weight is 441 g/mol. The predicted molar refractivity (Wildman–Crippen MR) is 126 cm³/mol. The summed E-state index contributed by atoms with van der Waals surface area (Å²) in [4.78, 5) is 18.1. The number of amides is 1. The van der Waals surface area contributed by atoms with Gasteiger partial charge >= 0.3 is 0 Å². The second-order valence-corrected chi connectivity index (χ2v) is 7.16. The van der Waals surface area contributed by atoms with Gasteiger partial charge in [-0.25, -0.2) is 0 Å². The minimum absolute atomic E-state index is 0.0126. The number of benzene rings is 2. The van der Waals surface area contributed by atoms with Crippen molar-refractivity contribution in [2.24, 2.45) is 10.2 Å². The van der Waals surface area contributed by atoms with Gasteiger partial charge in [-0.05, 0) is 37.6 Å². The van der Waals surface area contributed by atoms with Crippen LogP contribution in [0.4, 0.5) is 23.0 Å². The third kappa shape index (κ3) is 5.41. The van der Waals surface area contributed by atoms with Crippen LogP contribution in [0.5, 0.6) is 0 Å². The first-order valence-corrected chi connectivity index (χ1v) is 10.5. The van der Waals surface area contributed by atoms with Crippen molar-refractivity contribution in [2.75, 3.05) is 23.3 Å². The molecule has 9 heteroatoms. The van der Waals surface area contributed by atoms with Crippen LogP contribution in [0, 0.1) is 22.7 Å². The lowest BCUT2D eigenvalue weighted by atomic mass is 10.2. The molecule has 33 heavy (non-hydrogen) atoms. The molecule has 0 aliphatic carbocycles. The monoisotopic (exact) mass is 440 g/mol. The van der Waals surface area contributed by atoms with E-state index in [1.165, 1.54) is 6.92 Å². The standard InChI is InChI=1S/C24H24N8O/c1-4-31(5-2)19-11-12-20(21(13-19)27-17(3)33)29-30-24-28-22(14-25)23(15-26)32(24)16-18-9-7-6-8-10-18/h6-13H,4-5,16H2,1-3H3,(H,27,33). The first-order chi connectivity index (χ1) is 16.0. The van der Waals surface area contributed by atoms with Crippen LogP contribution in [0.25, 0.3) is 0 Å². The van der Waals surface area contributed by atoms with Crippen LogP contribution in [0.15, 0.2) is 58.8 Å². The predicted octanol–water partition coefficient (Wildman–Crippen LogP) is 4.89. The van der Waals surface area contributed by atoms with Gasteiger partial charge in [-0.3, -0.25) is 9.36 Å². The molecule has 0 spiro atoms. The van der Waals surface area contributed by atoms with Crippen LogP contribution in [0.2, 0.25) is 0 Å². The Kier molecular flexibility index (Phi) is 7.51. The lowest BCUT2D eigenvalue weighted by molar-refractivity contribution is -0.114. The van der Waals surface area contributed by atoms with Gasteiger partial charge in [0.05, 0.1) is 12.2 Å². The summed E-state index contributed by atoms with van der Waals surface area (Å²) in [7, 11) is 0. The van der Waals surface area contributed by atoms with Gasteiger partial charge < -0.3 is 10.2 Å². The Balaban J connectivity index is 2.04. The normalized spacial score (nSPS) is 10.6. The molecule has 1 heterocycles. The zero-order valence-corrected chi connectivity index (χ0v) is 18.8. The number of imidazole rings is 1. The van der Waals surface area contributed by atoms with Gasteiger partial charge in [0.1, 0.15) is 17.8 Å². The highest BCUT2D eigenvalue weighted by Gasteiger charge is 2.17.